The predicted molar refractivity (Wildman–Crippen MR) is 77.9 cm³/mol. The first kappa shape index (κ1) is 16.0. The first-order chi connectivity index (χ1) is 9.31. The number of carbonyl (C=O) groups is 2. The largest absolute Gasteiger partial charge is 0.481 e. The van der Waals surface area contributed by atoms with E-state index in [4.69, 9.17) is 5.11 Å². The van der Waals surface area contributed by atoms with Gasteiger partial charge in [-0.25, -0.2) is 4.79 Å². The van der Waals surface area contributed by atoms with E-state index in [2.05, 4.69) is 36.6 Å². The van der Waals surface area contributed by atoms with Gasteiger partial charge < -0.3 is 15.7 Å². The molecule has 3 N–H and O–H groups in total. The number of benzene rings is 1. The van der Waals surface area contributed by atoms with Crippen molar-refractivity contribution in [1.82, 2.24) is 10.6 Å². The molecule has 0 saturated heterocycles. The van der Waals surface area contributed by atoms with Crippen LogP contribution in [0.15, 0.2) is 24.3 Å². The number of carboxylic acid groups (broad SMARTS) is 1. The number of nitrogens with one attached hydrogen (secondary N) is 2. The van der Waals surface area contributed by atoms with Gasteiger partial charge in [0.1, 0.15) is 0 Å². The van der Waals surface area contributed by atoms with Gasteiger partial charge >= 0.3 is 12.0 Å². The van der Waals surface area contributed by atoms with E-state index in [0.717, 1.165) is 5.56 Å². The van der Waals surface area contributed by atoms with Crippen molar-refractivity contribution in [2.45, 2.75) is 32.6 Å². The summed E-state index contributed by atoms with van der Waals surface area (Å²) in [7, 11) is 0. The molecule has 0 atom stereocenters. The fourth-order valence-electron chi connectivity index (χ4n) is 1.75. The van der Waals surface area contributed by atoms with E-state index in [9.17, 15) is 9.59 Å². The second-order valence-electron chi connectivity index (χ2n) is 5.50. The number of aliphatic carboxylic acids is 1. The van der Waals surface area contributed by atoms with Crippen LogP contribution in [-0.4, -0.2) is 30.2 Å². The fourth-order valence-corrected chi connectivity index (χ4v) is 1.75. The minimum absolute atomic E-state index is 0.0746. The molecule has 5 nitrogen and oxygen atoms in total. The molecular weight excluding hydrogens is 256 g/mol. The molecule has 0 unspecified atom stereocenters. The Balaban J connectivity index is 2.44. The van der Waals surface area contributed by atoms with Crippen LogP contribution in [-0.2, 0) is 10.2 Å². The smallest absolute Gasteiger partial charge is 0.314 e. The van der Waals surface area contributed by atoms with Gasteiger partial charge in [-0.05, 0) is 12.5 Å². The Morgan fingerprint density at radius 2 is 1.75 bits per heavy atom. The van der Waals surface area contributed by atoms with Crippen molar-refractivity contribution in [3.63, 3.8) is 0 Å². The highest BCUT2D eigenvalue weighted by Crippen LogP contribution is 2.22. The summed E-state index contributed by atoms with van der Waals surface area (Å²) in [4.78, 5) is 21.9. The molecule has 0 aromatic heterocycles. The minimum Gasteiger partial charge on any atom is -0.481 e. The molecule has 20 heavy (non-hydrogen) atoms. The molecule has 0 fully saturated rings. The van der Waals surface area contributed by atoms with Gasteiger partial charge in [0.15, 0.2) is 0 Å². The zero-order valence-electron chi connectivity index (χ0n) is 12.2. The lowest BCUT2D eigenvalue weighted by atomic mass is 9.84. The van der Waals surface area contributed by atoms with E-state index < -0.39 is 5.97 Å². The minimum atomic E-state index is -0.926. The summed E-state index contributed by atoms with van der Waals surface area (Å²) in [5.74, 6) is -0.926. The molecule has 0 aliphatic heterocycles. The Morgan fingerprint density at radius 3 is 2.30 bits per heavy atom. The SMILES string of the molecule is Cc1ccc(C(C)(C)CNC(=O)NCCC(=O)O)cc1. The Bertz CT molecular complexity index is 467. The van der Waals surface area contributed by atoms with Crippen LogP contribution in [0.3, 0.4) is 0 Å². The second-order valence-corrected chi connectivity index (χ2v) is 5.50. The number of carboxylic acids is 1. The van der Waals surface area contributed by atoms with E-state index in [-0.39, 0.29) is 24.4 Å². The molecule has 0 heterocycles. The standard InChI is InChI=1S/C15H22N2O3/c1-11-4-6-12(7-5-11)15(2,3)10-17-14(20)16-9-8-13(18)19/h4-7H,8-10H2,1-3H3,(H,18,19)(H2,16,17,20). The van der Waals surface area contributed by atoms with Gasteiger partial charge in [0.05, 0.1) is 6.42 Å². The molecule has 1 aromatic carbocycles. The molecule has 110 valence electrons. The van der Waals surface area contributed by atoms with E-state index in [1.54, 1.807) is 0 Å². The molecule has 0 saturated carbocycles. The zero-order chi connectivity index (χ0) is 15.2. The number of hydrogen-bond donors (Lipinski definition) is 3. The summed E-state index contributed by atoms with van der Waals surface area (Å²) in [6.45, 7) is 6.75. The van der Waals surface area contributed by atoms with Crippen molar-refractivity contribution >= 4 is 12.0 Å². The average Bonchev–Trinajstić information content (AvgIpc) is 2.36. The third-order valence-corrected chi connectivity index (χ3v) is 3.15. The summed E-state index contributed by atoms with van der Waals surface area (Å²) in [6, 6.07) is 7.86. The molecule has 1 aromatic rings. The molecule has 0 aliphatic carbocycles. The maximum atomic E-state index is 11.5. The van der Waals surface area contributed by atoms with Crippen LogP contribution in [0.5, 0.6) is 0 Å². The van der Waals surface area contributed by atoms with E-state index in [0.29, 0.717) is 6.54 Å². The zero-order valence-corrected chi connectivity index (χ0v) is 12.2. The topological polar surface area (TPSA) is 78.4 Å². The van der Waals surface area contributed by atoms with Gasteiger partial charge in [0.25, 0.3) is 0 Å². The predicted octanol–water partition coefficient (Wildman–Crippen LogP) is 2.05. The number of amides is 2. The lowest BCUT2D eigenvalue weighted by Gasteiger charge is -2.26. The third kappa shape index (κ3) is 5.30. The Morgan fingerprint density at radius 1 is 1.15 bits per heavy atom. The van der Waals surface area contributed by atoms with E-state index >= 15 is 0 Å². The molecule has 5 heteroatoms. The highest BCUT2D eigenvalue weighted by Gasteiger charge is 2.21. The maximum absolute atomic E-state index is 11.5. The van der Waals surface area contributed by atoms with Crippen LogP contribution in [0.4, 0.5) is 4.79 Å². The molecule has 1 rings (SSSR count). The lowest BCUT2D eigenvalue weighted by molar-refractivity contribution is -0.136. The summed E-state index contributed by atoms with van der Waals surface area (Å²) in [5, 5.41) is 13.8. The Labute approximate surface area is 119 Å². The van der Waals surface area contributed by atoms with Crippen LogP contribution in [0.1, 0.15) is 31.4 Å². The number of urea groups is 1. The van der Waals surface area contributed by atoms with Gasteiger partial charge in [0, 0.05) is 18.5 Å². The molecule has 0 radical (unpaired) electrons. The molecule has 0 spiro atoms. The highest BCUT2D eigenvalue weighted by molar-refractivity contribution is 5.75. The summed E-state index contributed by atoms with van der Waals surface area (Å²) < 4.78 is 0. The Hall–Kier alpha value is -2.04. The number of hydrogen-bond acceptors (Lipinski definition) is 2. The lowest BCUT2D eigenvalue weighted by Crippen LogP contribution is -2.42. The first-order valence-electron chi connectivity index (χ1n) is 6.62. The monoisotopic (exact) mass is 278 g/mol. The summed E-state index contributed by atoms with van der Waals surface area (Å²) in [6.07, 6.45) is -0.0746. The third-order valence-electron chi connectivity index (χ3n) is 3.15. The number of rotatable bonds is 6. The highest BCUT2D eigenvalue weighted by atomic mass is 16.4. The number of aryl methyl sites for hydroxylation is 1. The van der Waals surface area contributed by atoms with Gasteiger partial charge in [0.2, 0.25) is 0 Å². The molecule has 0 aliphatic rings. The van der Waals surface area contributed by atoms with E-state index in [1.807, 2.05) is 19.1 Å². The van der Waals surface area contributed by atoms with Crippen LogP contribution in [0.2, 0.25) is 0 Å². The summed E-state index contributed by atoms with van der Waals surface area (Å²) in [5.41, 5.74) is 2.16. The van der Waals surface area contributed by atoms with Crippen molar-refractivity contribution < 1.29 is 14.7 Å². The molecule has 2 amide bonds. The van der Waals surface area contributed by atoms with E-state index in [1.165, 1.54) is 5.56 Å². The maximum Gasteiger partial charge on any atom is 0.314 e. The van der Waals surface area contributed by atoms with Crippen molar-refractivity contribution in [2.75, 3.05) is 13.1 Å². The molecular formula is C15H22N2O3. The van der Waals surface area contributed by atoms with Gasteiger partial charge in [-0.3, -0.25) is 4.79 Å². The number of carbonyl (C=O) groups excluding carboxylic acids is 1. The van der Waals surface area contributed by atoms with Crippen molar-refractivity contribution in [2.24, 2.45) is 0 Å². The Kier molecular flexibility index (Phi) is 5.55. The van der Waals surface area contributed by atoms with Gasteiger partial charge in [-0.15, -0.1) is 0 Å². The van der Waals surface area contributed by atoms with Crippen molar-refractivity contribution in [1.29, 1.82) is 0 Å². The van der Waals surface area contributed by atoms with Crippen LogP contribution in [0.25, 0.3) is 0 Å². The summed E-state index contributed by atoms with van der Waals surface area (Å²) >= 11 is 0. The van der Waals surface area contributed by atoms with Crippen molar-refractivity contribution in [3.8, 4) is 0 Å². The van der Waals surface area contributed by atoms with Crippen LogP contribution in [0, 0.1) is 6.92 Å². The van der Waals surface area contributed by atoms with Crippen LogP contribution < -0.4 is 10.6 Å². The fraction of sp³-hybridized carbons (Fsp3) is 0.467. The normalized spacial score (nSPS) is 10.9. The molecule has 0 bridgehead atoms. The van der Waals surface area contributed by atoms with Crippen LogP contribution >= 0.6 is 0 Å². The van der Waals surface area contributed by atoms with Crippen molar-refractivity contribution in [3.05, 3.63) is 35.4 Å². The second kappa shape index (κ2) is 6.93. The van der Waals surface area contributed by atoms with Gasteiger partial charge in [-0.2, -0.15) is 0 Å². The average molecular weight is 278 g/mol. The quantitative estimate of drug-likeness (QED) is 0.745. The van der Waals surface area contributed by atoms with Gasteiger partial charge in [-0.1, -0.05) is 43.7 Å². The first-order valence-corrected chi connectivity index (χ1v) is 6.62.